The summed E-state index contributed by atoms with van der Waals surface area (Å²) in [5.41, 5.74) is 1.86. The van der Waals surface area contributed by atoms with E-state index in [2.05, 4.69) is 5.32 Å². The number of nitrogens with zero attached hydrogens (tertiary/aromatic N) is 1. The highest BCUT2D eigenvalue weighted by Gasteiger charge is 2.28. The van der Waals surface area contributed by atoms with E-state index in [4.69, 9.17) is 18.9 Å². The van der Waals surface area contributed by atoms with Gasteiger partial charge >= 0.3 is 0 Å². The van der Waals surface area contributed by atoms with Crippen LogP contribution in [0.25, 0.3) is 0 Å². The Balaban J connectivity index is 1.89. The zero-order valence-corrected chi connectivity index (χ0v) is 21.7. The monoisotopic (exact) mass is 514 g/mol. The SMILES string of the molecule is COc1cccc(N(CC(=O)NCc2ccc(OC)c(OC)c2OC)S(=O)(=O)c2ccc(C)cc2)c1. The van der Waals surface area contributed by atoms with Crippen LogP contribution in [0.2, 0.25) is 0 Å². The van der Waals surface area contributed by atoms with Crippen molar-refractivity contribution in [2.45, 2.75) is 18.4 Å². The third-order valence-electron chi connectivity index (χ3n) is 5.50. The normalized spacial score (nSPS) is 10.9. The molecule has 10 heteroatoms. The molecule has 0 aliphatic carbocycles. The van der Waals surface area contributed by atoms with Gasteiger partial charge in [0.05, 0.1) is 39.0 Å². The van der Waals surface area contributed by atoms with Crippen molar-refractivity contribution in [1.82, 2.24) is 5.32 Å². The fourth-order valence-electron chi connectivity index (χ4n) is 3.60. The molecule has 0 heterocycles. The maximum Gasteiger partial charge on any atom is 0.264 e. The number of ether oxygens (including phenoxy) is 4. The van der Waals surface area contributed by atoms with Gasteiger partial charge in [-0.1, -0.05) is 23.8 Å². The first-order chi connectivity index (χ1) is 17.2. The molecular weight excluding hydrogens is 484 g/mol. The summed E-state index contributed by atoms with van der Waals surface area (Å²) in [7, 11) is 1.93. The van der Waals surface area contributed by atoms with E-state index in [1.807, 2.05) is 6.92 Å². The fourth-order valence-corrected chi connectivity index (χ4v) is 5.01. The maximum atomic E-state index is 13.6. The van der Waals surface area contributed by atoms with Gasteiger partial charge in [0, 0.05) is 18.2 Å². The Labute approximate surface area is 211 Å². The first-order valence-electron chi connectivity index (χ1n) is 11.0. The van der Waals surface area contributed by atoms with Crippen molar-refractivity contribution in [2.75, 3.05) is 39.3 Å². The molecule has 3 aromatic rings. The molecule has 192 valence electrons. The highest BCUT2D eigenvalue weighted by Crippen LogP contribution is 2.39. The van der Waals surface area contributed by atoms with Crippen molar-refractivity contribution in [1.29, 1.82) is 0 Å². The molecule has 0 radical (unpaired) electrons. The molecule has 0 unspecified atom stereocenters. The van der Waals surface area contributed by atoms with Crippen LogP contribution in [0.4, 0.5) is 5.69 Å². The lowest BCUT2D eigenvalue weighted by Crippen LogP contribution is -2.40. The summed E-state index contributed by atoms with van der Waals surface area (Å²) in [6.07, 6.45) is 0. The smallest absolute Gasteiger partial charge is 0.264 e. The zero-order valence-electron chi connectivity index (χ0n) is 20.9. The first-order valence-corrected chi connectivity index (χ1v) is 12.5. The van der Waals surface area contributed by atoms with E-state index < -0.39 is 22.5 Å². The van der Waals surface area contributed by atoms with Crippen LogP contribution in [0, 0.1) is 6.92 Å². The van der Waals surface area contributed by atoms with Gasteiger partial charge in [-0.15, -0.1) is 0 Å². The van der Waals surface area contributed by atoms with Crippen LogP contribution in [-0.4, -0.2) is 49.3 Å². The van der Waals surface area contributed by atoms with Gasteiger partial charge in [0.25, 0.3) is 10.0 Å². The number of aryl methyl sites for hydroxylation is 1. The number of hydrogen-bond acceptors (Lipinski definition) is 7. The van der Waals surface area contributed by atoms with Crippen molar-refractivity contribution >= 4 is 21.6 Å². The molecule has 9 nitrogen and oxygen atoms in total. The summed E-state index contributed by atoms with van der Waals surface area (Å²) in [6, 6.07) is 16.4. The Morgan fingerprint density at radius 2 is 1.56 bits per heavy atom. The Morgan fingerprint density at radius 3 is 2.17 bits per heavy atom. The lowest BCUT2D eigenvalue weighted by atomic mass is 10.1. The second-order valence-corrected chi connectivity index (χ2v) is 9.66. The minimum atomic E-state index is -4.05. The van der Waals surface area contributed by atoms with Crippen LogP contribution in [0.3, 0.4) is 0 Å². The van der Waals surface area contributed by atoms with Gasteiger partial charge in [-0.25, -0.2) is 8.42 Å². The lowest BCUT2D eigenvalue weighted by Gasteiger charge is -2.24. The quantitative estimate of drug-likeness (QED) is 0.417. The number of hydrogen-bond donors (Lipinski definition) is 1. The van der Waals surface area contributed by atoms with Gasteiger partial charge in [0.1, 0.15) is 12.3 Å². The lowest BCUT2D eigenvalue weighted by molar-refractivity contribution is -0.119. The van der Waals surface area contributed by atoms with E-state index in [1.54, 1.807) is 48.5 Å². The van der Waals surface area contributed by atoms with E-state index in [9.17, 15) is 13.2 Å². The number of nitrogens with one attached hydrogen (secondary N) is 1. The average Bonchev–Trinajstić information content (AvgIpc) is 2.89. The molecule has 3 aromatic carbocycles. The van der Waals surface area contributed by atoms with Gasteiger partial charge in [-0.05, 0) is 43.3 Å². The highest BCUT2D eigenvalue weighted by atomic mass is 32.2. The van der Waals surface area contributed by atoms with Crippen LogP contribution in [0.1, 0.15) is 11.1 Å². The van der Waals surface area contributed by atoms with E-state index in [-0.39, 0.29) is 11.4 Å². The molecule has 0 fully saturated rings. The standard InChI is InChI=1S/C26H30N2O7S/c1-18-9-12-22(13-10-18)36(30,31)28(20-7-6-8-21(15-20)32-2)17-24(29)27-16-19-11-14-23(33-3)26(35-5)25(19)34-4/h6-15H,16-17H2,1-5H3,(H,27,29). The number of carbonyl (C=O) groups excluding carboxylic acids is 1. The summed E-state index contributed by atoms with van der Waals surface area (Å²) >= 11 is 0. The number of carbonyl (C=O) groups is 1. The van der Waals surface area contributed by atoms with Crippen LogP contribution in [0.5, 0.6) is 23.0 Å². The molecule has 0 aliphatic rings. The largest absolute Gasteiger partial charge is 0.497 e. The minimum absolute atomic E-state index is 0.0743. The Kier molecular flexibility index (Phi) is 8.65. The second-order valence-electron chi connectivity index (χ2n) is 7.80. The molecule has 36 heavy (non-hydrogen) atoms. The van der Waals surface area contributed by atoms with Crippen molar-refractivity contribution in [3.8, 4) is 23.0 Å². The van der Waals surface area contributed by atoms with E-state index in [0.29, 0.717) is 34.2 Å². The Hall–Kier alpha value is -3.92. The number of methoxy groups -OCH3 is 4. The summed E-state index contributed by atoms with van der Waals surface area (Å²) in [5, 5.41) is 2.77. The van der Waals surface area contributed by atoms with Gasteiger partial charge in [-0.2, -0.15) is 0 Å². The van der Waals surface area contributed by atoms with Gasteiger partial charge in [-0.3, -0.25) is 9.10 Å². The molecular formula is C26H30N2O7S. The molecule has 3 rings (SSSR count). The summed E-state index contributed by atoms with van der Waals surface area (Å²) in [6.45, 7) is 1.50. The van der Waals surface area contributed by atoms with Crippen molar-refractivity contribution < 1.29 is 32.2 Å². The third kappa shape index (κ3) is 5.83. The van der Waals surface area contributed by atoms with Crippen LogP contribution < -0.4 is 28.6 Å². The van der Waals surface area contributed by atoms with E-state index in [0.717, 1.165) is 9.87 Å². The zero-order chi connectivity index (χ0) is 26.3. The van der Waals surface area contributed by atoms with Gasteiger partial charge in [0.15, 0.2) is 11.5 Å². The van der Waals surface area contributed by atoms with Crippen molar-refractivity contribution in [3.05, 3.63) is 71.8 Å². The summed E-state index contributed by atoms with van der Waals surface area (Å²) in [5.74, 6) is 1.25. The molecule has 0 spiro atoms. The number of amides is 1. The molecule has 0 bridgehead atoms. The minimum Gasteiger partial charge on any atom is -0.497 e. The Bertz CT molecular complexity index is 1310. The molecule has 0 saturated carbocycles. The van der Waals surface area contributed by atoms with Crippen LogP contribution in [0.15, 0.2) is 65.6 Å². The molecule has 0 saturated heterocycles. The fraction of sp³-hybridized carbons (Fsp3) is 0.269. The van der Waals surface area contributed by atoms with Crippen molar-refractivity contribution in [2.24, 2.45) is 0 Å². The van der Waals surface area contributed by atoms with Gasteiger partial charge < -0.3 is 24.3 Å². The average molecular weight is 515 g/mol. The van der Waals surface area contributed by atoms with Crippen LogP contribution >= 0.6 is 0 Å². The summed E-state index contributed by atoms with van der Waals surface area (Å²) in [4.78, 5) is 13.1. The van der Waals surface area contributed by atoms with Crippen LogP contribution in [-0.2, 0) is 21.4 Å². The van der Waals surface area contributed by atoms with E-state index >= 15 is 0 Å². The number of sulfonamides is 1. The van der Waals surface area contributed by atoms with Crippen molar-refractivity contribution in [3.63, 3.8) is 0 Å². The highest BCUT2D eigenvalue weighted by molar-refractivity contribution is 7.92. The molecule has 0 atom stereocenters. The molecule has 1 amide bonds. The first kappa shape index (κ1) is 26.7. The predicted molar refractivity (Wildman–Crippen MR) is 137 cm³/mol. The Morgan fingerprint density at radius 1 is 0.861 bits per heavy atom. The maximum absolute atomic E-state index is 13.6. The summed E-state index contributed by atoms with van der Waals surface area (Å²) < 4.78 is 49.6. The van der Waals surface area contributed by atoms with E-state index in [1.165, 1.54) is 40.6 Å². The van der Waals surface area contributed by atoms with Gasteiger partial charge in [0.2, 0.25) is 11.7 Å². The topological polar surface area (TPSA) is 103 Å². The molecule has 1 N–H and O–H groups in total. The molecule has 0 aromatic heterocycles. The number of benzene rings is 3. The third-order valence-corrected chi connectivity index (χ3v) is 7.29. The number of rotatable bonds is 11. The molecule has 0 aliphatic heterocycles. The predicted octanol–water partition coefficient (Wildman–Crippen LogP) is 3.54. The number of anilines is 1. The second kappa shape index (κ2) is 11.7.